The Labute approximate surface area is 150 Å². The van der Waals surface area contributed by atoms with Crippen molar-refractivity contribution in [3.05, 3.63) is 58.0 Å². The van der Waals surface area contributed by atoms with Gasteiger partial charge in [-0.2, -0.15) is 9.78 Å². The van der Waals surface area contributed by atoms with E-state index >= 15 is 0 Å². The highest BCUT2D eigenvalue weighted by atomic mass is 16.3. The van der Waals surface area contributed by atoms with Gasteiger partial charge in [0, 0.05) is 11.0 Å². The van der Waals surface area contributed by atoms with Crippen LogP contribution in [0.1, 0.15) is 32.0 Å². The lowest BCUT2D eigenvalue weighted by atomic mass is 9.93. The van der Waals surface area contributed by atoms with Gasteiger partial charge >= 0.3 is 0 Å². The molecule has 0 aliphatic carbocycles. The van der Waals surface area contributed by atoms with Crippen LogP contribution in [-0.2, 0) is 5.41 Å². The third-order valence-corrected chi connectivity index (χ3v) is 3.91. The summed E-state index contributed by atoms with van der Waals surface area (Å²) >= 11 is 0. The Morgan fingerprint density at radius 1 is 1.19 bits per heavy atom. The molecular formula is C18H20N6O2. The monoisotopic (exact) mass is 352 g/mol. The molecule has 0 saturated carbocycles. The van der Waals surface area contributed by atoms with E-state index in [1.165, 1.54) is 6.21 Å². The molecule has 134 valence electrons. The van der Waals surface area contributed by atoms with Crippen molar-refractivity contribution in [1.82, 2.24) is 14.9 Å². The number of nitrogens with one attached hydrogen (secondary N) is 1. The number of phenolic OH excluding ortho intramolecular Hbond substituents is 1. The summed E-state index contributed by atoms with van der Waals surface area (Å²) in [5, 5.41) is 23.8. The number of benzene rings is 2. The zero-order valence-corrected chi connectivity index (χ0v) is 14.8. The Hall–Kier alpha value is -3.42. The average molecular weight is 352 g/mol. The van der Waals surface area contributed by atoms with Crippen LogP contribution in [0, 0.1) is 0 Å². The molecule has 0 radical (unpaired) electrons. The minimum atomic E-state index is -0.470. The van der Waals surface area contributed by atoms with Crippen molar-refractivity contribution in [1.29, 1.82) is 0 Å². The van der Waals surface area contributed by atoms with Crippen LogP contribution in [-0.4, -0.2) is 26.2 Å². The van der Waals surface area contributed by atoms with Crippen molar-refractivity contribution in [3.63, 3.8) is 0 Å². The topological polar surface area (TPSA) is 118 Å². The van der Waals surface area contributed by atoms with Gasteiger partial charge in [-0.3, -0.25) is 4.79 Å². The first kappa shape index (κ1) is 17.4. The zero-order chi connectivity index (χ0) is 18.9. The van der Waals surface area contributed by atoms with Gasteiger partial charge in [-0.05, 0) is 16.8 Å². The quantitative estimate of drug-likeness (QED) is 0.377. The molecule has 0 aliphatic rings. The average Bonchev–Trinajstić information content (AvgIpc) is 2.59. The summed E-state index contributed by atoms with van der Waals surface area (Å²) in [4.78, 5) is 12.3. The normalized spacial score (nSPS) is 12.0. The fourth-order valence-electron chi connectivity index (χ4n) is 2.52. The molecule has 3 aromatic rings. The summed E-state index contributed by atoms with van der Waals surface area (Å²) in [6, 6.07) is 11.0. The molecule has 0 spiro atoms. The molecule has 8 nitrogen and oxygen atoms in total. The van der Waals surface area contributed by atoms with Crippen LogP contribution < -0.4 is 16.8 Å². The second kappa shape index (κ2) is 6.47. The van der Waals surface area contributed by atoms with E-state index in [-0.39, 0.29) is 17.4 Å². The Balaban J connectivity index is 1.92. The number of hydrogen-bond acceptors (Lipinski definition) is 7. The molecule has 26 heavy (non-hydrogen) atoms. The molecule has 0 fully saturated rings. The highest BCUT2D eigenvalue weighted by Crippen LogP contribution is 2.25. The Morgan fingerprint density at radius 2 is 1.92 bits per heavy atom. The summed E-state index contributed by atoms with van der Waals surface area (Å²) in [5.41, 5.74) is 2.49. The molecule has 0 amide bonds. The lowest BCUT2D eigenvalue weighted by Crippen LogP contribution is -2.38. The molecule has 4 N–H and O–H groups in total. The van der Waals surface area contributed by atoms with Crippen LogP contribution in [0.25, 0.3) is 10.8 Å². The zero-order valence-electron chi connectivity index (χ0n) is 14.8. The minimum Gasteiger partial charge on any atom is -0.507 e. The number of rotatable bonds is 3. The van der Waals surface area contributed by atoms with Crippen LogP contribution in [0.15, 0.2) is 46.3 Å². The number of nitrogen functional groups attached to an aromatic ring is 1. The molecule has 8 heteroatoms. The van der Waals surface area contributed by atoms with Crippen LogP contribution >= 0.6 is 0 Å². The summed E-state index contributed by atoms with van der Waals surface area (Å²) < 4.78 is 0.869. The Morgan fingerprint density at radius 3 is 2.65 bits per heavy atom. The van der Waals surface area contributed by atoms with Crippen molar-refractivity contribution >= 4 is 22.9 Å². The molecular weight excluding hydrogens is 332 g/mol. The number of hydrogen-bond donors (Lipinski definition) is 3. The van der Waals surface area contributed by atoms with Crippen molar-refractivity contribution in [2.75, 3.05) is 11.3 Å². The number of aromatic nitrogens is 3. The maximum atomic E-state index is 12.3. The SMILES string of the molecule is CC(C)(C)c1nnc(NN=Cc2c(O)ccc3ccccc23)n(N)c1=O. The fraction of sp³-hybridized carbons (Fsp3) is 0.222. The molecule has 3 rings (SSSR count). The van der Waals surface area contributed by atoms with Crippen molar-refractivity contribution in [2.24, 2.45) is 5.10 Å². The number of hydrazone groups is 1. The van der Waals surface area contributed by atoms with Crippen molar-refractivity contribution < 1.29 is 5.11 Å². The van der Waals surface area contributed by atoms with Crippen molar-refractivity contribution in [2.45, 2.75) is 26.2 Å². The van der Waals surface area contributed by atoms with Crippen LogP contribution in [0.3, 0.4) is 0 Å². The molecule has 1 heterocycles. The molecule has 0 unspecified atom stereocenters. The number of phenols is 1. The van der Waals surface area contributed by atoms with Gasteiger partial charge in [0.15, 0.2) is 0 Å². The number of nitrogens with zero attached hydrogens (tertiary/aromatic N) is 4. The van der Waals surface area contributed by atoms with E-state index in [2.05, 4.69) is 20.7 Å². The maximum absolute atomic E-state index is 12.3. The third-order valence-electron chi connectivity index (χ3n) is 3.91. The van der Waals surface area contributed by atoms with E-state index < -0.39 is 11.0 Å². The molecule has 0 bridgehead atoms. The molecule has 0 aliphatic heterocycles. The van der Waals surface area contributed by atoms with Crippen LogP contribution in [0.4, 0.5) is 5.95 Å². The highest BCUT2D eigenvalue weighted by Gasteiger charge is 2.22. The van der Waals surface area contributed by atoms with Crippen LogP contribution in [0.5, 0.6) is 5.75 Å². The van der Waals surface area contributed by atoms with E-state index in [0.717, 1.165) is 15.4 Å². The van der Waals surface area contributed by atoms with E-state index in [1.807, 2.05) is 51.1 Å². The molecule has 0 saturated heterocycles. The highest BCUT2D eigenvalue weighted by molar-refractivity contribution is 6.02. The van der Waals surface area contributed by atoms with E-state index in [1.54, 1.807) is 6.07 Å². The smallest absolute Gasteiger partial charge is 0.295 e. The molecule has 0 atom stereocenters. The second-order valence-electron chi connectivity index (χ2n) is 6.89. The standard InChI is InChI=1S/C18H20N6O2/c1-18(2,3)15-16(26)24(19)17(23-21-15)22-20-10-13-12-7-5-4-6-11(12)8-9-14(13)25/h4-10,25H,19H2,1-3H3,(H,22,23). The predicted molar refractivity (Wildman–Crippen MR) is 102 cm³/mol. The Bertz CT molecular complexity index is 1050. The van der Waals surface area contributed by atoms with Crippen molar-refractivity contribution in [3.8, 4) is 5.75 Å². The number of anilines is 1. The van der Waals surface area contributed by atoms with E-state index in [4.69, 9.17) is 5.84 Å². The maximum Gasteiger partial charge on any atom is 0.295 e. The summed E-state index contributed by atoms with van der Waals surface area (Å²) in [7, 11) is 0. The van der Waals surface area contributed by atoms with E-state index in [9.17, 15) is 9.90 Å². The van der Waals surface area contributed by atoms with Gasteiger partial charge < -0.3 is 10.9 Å². The largest absolute Gasteiger partial charge is 0.507 e. The van der Waals surface area contributed by atoms with Gasteiger partial charge in [-0.1, -0.05) is 51.1 Å². The summed E-state index contributed by atoms with van der Waals surface area (Å²) in [5.74, 6) is 5.89. The summed E-state index contributed by atoms with van der Waals surface area (Å²) in [6.07, 6.45) is 1.45. The number of fused-ring (bicyclic) bond motifs is 1. The van der Waals surface area contributed by atoms with Gasteiger partial charge in [-0.25, -0.2) is 5.43 Å². The number of aromatic hydroxyl groups is 1. The first-order valence-corrected chi connectivity index (χ1v) is 8.04. The Kier molecular flexibility index (Phi) is 4.33. The van der Waals surface area contributed by atoms with Crippen LogP contribution in [0.2, 0.25) is 0 Å². The summed E-state index contributed by atoms with van der Waals surface area (Å²) in [6.45, 7) is 5.56. The predicted octanol–water partition coefficient (Wildman–Crippen LogP) is 1.95. The van der Waals surface area contributed by atoms with E-state index in [0.29, 0.717) is 5.56 Å². The second-order valence-corrected chi connectivity index (χ2v) is 6.89. The first-order chi connectivity index (χ1) is 12.3. The van der Waals surface area contributed by atoms with Gasteiger partial charge in [0.1, 0.15) is 11.4 Å². The number of nitrogens with two attached hydrogens (primary N) is 1. The molecule has 1 aromatic heterocycles. The first-order valence-electron chi connectivity index (χ1n) is 8.04. The van der Waals surface area contributed by atoms with Gasteiger partial charge in [0.2, 0.25) is 0 Å². The third kappa shape index (κ3) is 3.21. The van der Waals surface area contributed by atoms with Gasteiger partial charge in [-0.15, -0.1) is 10.2 Å². The lowest BCUT2D eigenvalue weighted by Gasteiger charge is -2.17. The van der Waals surface area contributed by atoms with Gasteiger partial charge in [0.05, 0.1) is 6.21 Å². The minimum absolute atomic E-state index is 0.000948. The van der Waals surface area contributed by atoms with Gasteiger partial charge in [0.25, 0.3) is 11.5 Å². The lowest BCUT2D eigenvalue weighted by molar-refractivity contribution is 0.475. The fourth-order valence-corrected chi connectivity index (χ4v) is 2.52. The molecule has 2 aromatic carbocycles.